The van der Waals surface area contributed by atoms with Crippen LogP contribution in [-0.2, 0) is 6.54 Å². The van der Waals surface area contributed by atoms with Gasteiger partial charge in [-0.15, -0.1) is 0 Å². The SMILES string of the molecule is CCCC(C)Nc1c([N+](=O)[O-])c(C)nn1CC. The summed E-state index contributed by atoms with van der Waals surface area (Å²) in [6.07, 6.45) is 2.02. The van der Waals surface area contributed by atoms with Crippen molar-refractivity contribution in [1.82, 2.24) is 9.78 Å². The van der Waals surface area contributed by atoms with Gasteiger partial charge >= 0.3 is 5.69 Å². The molecule has 0 bridgehead atoms. The molecule has 1 N–H and O–H groups in total. The number of nitrogens with zero attached hydrogens (tertiary/aromatic N) is 3. The molecule has 0 aliphatic heterocycles. The fraction of sp³-hybridized carbons (Fsp3) is 0.727. The van der Waals surface area contributed by atoms with Crippen molar-refractivity contribution in [3.8, 4) is 0 Å². The number of hydrogen-bond acceptors (Lipinski definition) is 4. The molecule has 17 heavy (non-hydrogen) atoms. The number of anilines is 1. The number of aromatic nitrogens is 2. The van der Waals surface area contributed by atoms with Crippen molar-refractivity contribution in [2.45, 2.75) is 53.1 Å². The summed E-state index contributed by atoms with van der Waals surface area (Å²) < 4.78 is 1.65. The first-order valence-corrected chi connectivity index (χ1v) is 5.99. The first-order chi connectivity index (χ1) is 8.01. The first-order valence-electron chi connectivity index (χ1n) is 5.99. The lowest BCUT2D eigenvalue weighted by atomic mass is 10.2. The van der Waals surface area contributed by atoms with Gasteiger partial charge in [-0.1, -0.05) is 13.3 Å². The largest absolute Gasteiger partial charge is 0.362 e. The Balaban J connectivity index is 3.06. The van der Waals surface area contributed by atoms with Crippen LogP contribution >= 0.6 is 0 Å². The van der Waals surface area contributed by atoms with E-state index < -0.39 is 0 Å². The molecule has 6 heteroatoms. The summed E-state index contributed by atoms with van der Waals surface area (Å²) in [5, 5.41) is 18.4. The Morgan fingerprint density at radius 2 is 2.18 bits per heavy atom. The van der Waals surface area contributed by atoms with Crippen LogP contribution < -0.4 is 5.32 Å². The van der Waals surface area contributed by atoms with E-state index >= 15 is 0 Å². The lowest BCUT2D eigenvalue weighted by Gasteiger charge is -2.14. The van der Waals surface area contributed by atoms with Crippen LogP contribution in [0.2, 0.25) is 0 Å². The zero-order chi connectivity index (χ0) is 13.0. The quantitative estimate of drug-likeness (QED) is 0.613. The number of rotatable bonds is 6. The number of nitro groups is 1. The lowest BCUT2D eigenvalue weighted by molar-refractivity contribution is -0.384. The Morgan fingerprint density at radius 3 is 2.65 bits per heavy atom. The average molecular weight is 240 g/mol. The molecule has 6 nitrogen and oxygen atoms in total. The molecule has 1 rings (SSSR count). The van der Waals surface area contributed by atoms with E-state index in [9.17, 15) is 10.1 Å². The fourth-order valence-electron chi connectivity index (χ4n) is 1.90. The van der Waals surface area contributed by atoms with Crippen molar-refractivity contribution in [1.29, 1.82) is 0 Å². The Kier molecular flexibility index (Phi) is 4.48. The molecule has 0 saturated carbocycles. The van der Waals surface area contributed by atoms with Crippen molar-refractivity contribution < 1.29 is 4.92 Å². The summed E-state index contributed by atoms with van der Waals surface area (Å²) in [6, 6.07) is 0.208. The third kappa shape index (κ3) is 2.95. The van der Waals surface area contributed by atoms with Crippen LogP contribution in [0.4, 0.5) is 11.5 Å². The van der Waals surface area contributed by atoms with E-state index in [1.54, 1.807) is 11.6 Å². The molecule has 1 unspecified atom stereocenters. The maximum atomic E-state index is 11.0. The van der Waals surface area contributed by atoms with Gasteiger partial charge in [0.05, 0.1) is 4.92 Å². The topological polar surface area (TPSA) is 73.0 Å². The maximum Gasteiger partial charge on any atom is 0.333 e. The Hall–Kier alpha value is -1.59. The predicted molar refractivity (Wildman–Crippen MR) is 67.3 cm³/mol. The molecular weight excluding hydrogens is 220 g/mol. The fourth-order valence-corrected chi connectivity index (χ4v) is 1.90. The predicted octanol–water partition coefficient (Wildman–Crippen LogP) is 2.72. The molecule has 0 fully saturated rings. The minimum absolute atomic E-state index is 0.0924. The standard InChI is InChI=1S/C11H20N4O2/c1-5-7-8(3)12-11-10(15(16)17)9(4)13-14(11)6-2/h8,12H,5-7H2,1-4H3. The smallest absolute Gasteiger partial charge is 0.333 e. The molecule has 96 valence electrons. The molecular formula is C11H20N4O2. The molecule has 0 saturated heterocycles. The molecule has 0 aromatic carbocycles. The average Bonchev–Trinajstić information content (AvgIpc) is 2.55. The maximum absolute atomic E-state index is 11.0. The number of hydrogen-bond donors (Lipinski definition) is 1. The van der Waals surface area contributed by atoms with Crippen molar-refractivity contribution in [3.05, 3.63) is 15.8 Å². The monoisotopic (exact) mass is 240 g/mol. The van der Waals surface area contributed by atoms with Gasteiger partial charge < -0.3 is 5.32 Å². The van der Waals surface area contributed by atoms with E-state index in [1.165, 1.54) is 0 Å². The van der Waals surface area contributed by atoms with Gasteiger partial charge in [-0.2, -0.15) is 5.10 Å². The normalized spacial score (nSPS) is 12.5. The van der Waals surface area contributed by atoms with Crippen molar-refractivity contribution in [3.63, 3.8) is 0 Å². The van der Waals surface area contributed by atoms with Gasteiger partial charge in [0.1, 0.15) is 5.69 Å². The highest BCUT2D eigenvalue weighted by molar-refractivity contribution is 5.59. The summed E-state index contributed by atoms with van der Waals surface area (Å²) in [4.78, 5) is 10.7. The van der Waals surface area contributed by atoms with E-state index in [1.807, 2.05) is 13.8 Å². The highest BCUT2D eigenvalue weighted by Crippen LogP contribution is 2.28. The Labute approximate surface area is 101 Å². The van der Waals surface area contributed by atoms with Gasteiger partial charge in [0.2, 0.25) is 5.82 Å². The number of aryl methyl sites for hydroxylation is 2. The third-order valence-corrected chi connectivity index (χ3v) is 2.68. The van der Waals surface area contributed by atoms with Crippen LogP contribution in [0.25, 0.3) is 0 Å². The molecule has 0 spiro atoms. The van der Waals surface area contributed by atoms with E-state index in [2.05, 4.69) is 17.3 Å². The van der Waals surface area contributed by atoms with Crippen molar-refractivity contribution >= 4 is 11.5 Å². The Morgan fingerprint density at radius 1 is 1.53 bits per heavy atom. The summed E-state index contributed by atoms with van der Waals surface area (Å²) in [7, 11) is 0. The number of nitrogens with one attached hydrogen (secondary N) is 1. The van der Waals surface area contributed by atoms with Crippen molar-refractivity contribution in [2.75, 3.05) is 5.32 Å². The zero-order valence-electron chi connectivity index (χ0n) is 10.9. The van der Waals surface area contributed by atoms with Crippen LogP contribution in [0.15, 0.2) is 0 Å². The summed E-state index contributed by atoms with van der Waals surface area (Å²) in [5.74, 6) is 0.524. The second kappa shape index (κ2) is 5.65. The molecule has 0 aliphatic carbocycles. The van der Waals surface area contributed by atoms with Crippen LogP contribution in [-0.4, -0.2) is 20.7 Å². The highest BCUT2D eigenvalue weighted by Gasteiger charge is 2.25. The van der Waals surface area contributed by atoms with E-state index in [0.717, 1.165) is 12.8 Å². The van der Waals surface area contributed by atoms with Gasteiger partial charge in [0.25, 0.3) is 0 Å². The zero-order valence-corrected chi connectivity index (χ0v) is 10.9. The molecule has 0 radical (unpaired) electrons. The van der Waals surface area contributed by atoms with Crippen molar-refractivity contribution in [2.24, 2.45) is 0 Å². The highest BCUT2D eigenvalue weighted by atomic mass is 16.6. The molecule has 1 aromatic heterocycles. The minimum atomic E-state index is -0.366. The van der Waals surface area contributed by atoms with Crippen LogP contribution in [0.3, 0.4) is 0 Å². The lowest BCUT2D eigenvalue weighted by Crippen LogP contribution is -2.18. The van der Waals surface area contributed by atoms with Crippen LogP contribution in [0.1, 0.15) is 39.3 Å². The van der Waals surface area contributed by atoms with E-state index in [-0.39, 0.29) is 16.7 Å². The van der Waals surface area contributed by atoms with Gasteiger partial charge in [0, 0.05) is 12.6 Å². The molecule has 1 aromatic rings. The van der Waals surface area contributed by atoms with E-state index in [0.29, 0.717) is 18.1 Å². The third-order valence-electron chi connectivity index (χ3n) is 2.68. The van der Waals surface area contributed by atoms with Gasteiger partial charge in [-0.25, -0.2) is 4.68 Å². The van der Waals surface area contributed by atoms with Gasteiger partial charge in [0.15, 0.2) is 0 Å². The Bertz CT molecular complexity index is 400. The first kappa shape index (κ1) is 13.5. The van der Waals surface area contributed by atoms with Gasteiger partial charge in [-0.3, -0.25) is 10.1 Å². The molecule has 1 atom stereocenters. The molecule has 0 aliphatic rings. The van der Waals surface area contributed by atoms with Crippen LogP contribution in [0, 0.1) is 17.0 Å². The molecule has 1 heterocycles. The second-order valence-electron chi connectivity index (χ2n) is 4.19. The van der Waals surface area contributed by atoms with E-state index in [4.69, 9.17) is 0 Å². The second-order valence-corrected chi connectivity index (χ2v) is 4.19. The minimum Gasteiger partial charge on any atom is -0.362 e. The van der Waals surface area contributed by atoms with Gasteiger partial charge in [-0.05, 0) is 27.2 Å². The molecule has 0 amide bonds. The van der Waals surface area contributed by atoms with Crippen LogP contribution in [0.5, 0.6) is 0 Å². The summed E-state index contributed by atoms with van der Waals surface area (Å²) in [6.45, 7) is 8.33. The summed E-state index contributed by atoms with van der Waals surface area (Å²) in [5.41, 5.74) is 0.554. The summed E-state index contributed by atoms with van der Waals surface area (Å²) >= 11 is 0.